The van der Waals surface area contributed by atoms with Gasteiger partial charge >= 0.3 is 6.18 Å². The first kappa shape index (κ1) is 16.9. The SMILES string of the molecule is O=C1c2cccc([N+](=O)[O-])c2C(=O)N1c1ccc(C(F)(F)F)cc1Cl. The Morgan fingerprint density at radius 1 is 1.08 bits per heavy atom. The molecule has 2 aromatic carbocycles. The number of hydrogen-bond donors (Lipinski definition) is 0. The van der Waals surface area contributed by atoms with E-state index >= 15 is 0 Å². The summed E-state index contributed by atoms with van der Waals surface area (Å²) < 4.78 is 38.1. The highest BCUT2D eigenvalue weighted by Crippen LogP contribution is 2.39. The summed E-state index contributed by atoms with van der Waals surface area (Å²) in [6.07, 6.45) is -4.65. The predicted octanol–water partition coefficient (Wildman–Crippen LogP) is 4.07. The molecule has 128 valence electrons. The molecule has 3 rings (SSSR count). The molecule has 0 radical (unpaired) electrons. The molecular weight excluding hydrogens is 365 g/mol. The zero-order valence-corrected chi connectivity index (χ0v) is 12.8. The van der Waals surface area contributed by atoms with E-state index in [0.29, 0.717) is 17.0 Å². The van der Waals surface area contributed by atoms with Crippen molar-refractivity contribution in [2.24, 2.45) is 0 Å². The maximum absolute atomic E-state index is 12.7. The van der Waals surface area contributed by atoms with Crippen molar-refractivity contribution in [3.63, 3.8) is 0 Å². The van der Waals surface area contributed by atoms with Crippen LogP contribution in [0.1, 0.15) is 26.3 Å². The third-order valence-corrected chi connectivity index (χ3v) is 3.91. The molecule has 0 aromatic heterocycles. The third-order valence-electron chi connectivity index (χ3n) is 3.61. The fourth-order valence-corrected chi connectivity index (χ4v) is 2.77. The van der Waals surface area contributed by atoms with Gasteiger partial charge in [0.1, 0.15) is 5.56 Å². The van der Waals surface area contributed by atoms with Crippen LogP contribution in [0.3, 0.4) is 0 Å². The molecule has 6 nitrogen and oxygen atoms in total. The van der Waals surface area contributed by atoms with Crippen LogP contribution in [0, 0.1) is 10.1 Å². The summed E-state index contributed by atoms with van der Waals surface area (Å²) in [5, 5.41) is 10.6. The second-order valence-corrected chi connectivity index (χ2v) is 5.47. The average Bonchev–Trinajstić information content (AvgIpc) is 2.78. The summed E-state index contributed by atoms with van der Waals surface area (Å²) in [5.41, 5.74) is -2.54. The quantitative estimate of drug-likeness (QED) is 0.453. The first-order valence-corrected chi connectivity index (χ1v) is 7.03. The molecule has 1 heterocycles. The molecule has 2 aromatic rings. The van der Waals surface area contributed by atoms with E-state index in [2.05, 4.69) is 0 Å². The Hall–Kier alpha value is -2.94. The molecule has 0 atom stereocenters. The van der Waals surface area contributed by atoms with Crippen LogP contribution in [0.25, 0.3) is 0 Å². The van der Waals surface area contributed by atoms with Crippen LogP contribution in [0.5, 0.6) is 0 Å². The predicted molar refractivity (Wildman–Crippen MR) is 80.7 cm³/mol. The van der Waals surface area contributed by atoms with Crippen LogP contribution in [0.4, 0.5) is 24.5 Å². The maximum atomic E-state index is 12.7. The van der Waals surface area contributed by atoms with Crippen LogP contribution < -0.4 is 4.90 Å². The normalized spacial score (nSPS) is 14.0. The summed E-state index contributed by atoms with van der Waals surface area (Å²) in [6.45, 7) is 0. The fraction of sp³-hybridized carbons (Fsp3) is 0.0667. The highest BCUT2D eigenvalue weighted by molar-refractivity contribution is 6.40. The van der Waals surface area contributed by atoms with Gasteiger partial charge in [-0.1, -0.05) is 17.7 Å². The lowest BCUT2D eigenvalue weighted by Gasteiger charge is -2.17. The van der Waals surface area contributed by atoms with Gasteiger partial charge in [-0.05, 0) is 24.3 Å². The Labute approximate surface area is 142 Å². The zero-order chi connectivity index (χ0) is 18.5. The zero-order valence-electron chi connectivity index (χ0n) is 12.0. The van der Waals surface area contributed by atoms with Crippen molar-refractivity contribution in [2.45, 2.75) is 6.18 Å². The molecule has 0 unspecified atom stereocenters. The number of hydrogen-bond acceptors (Lipinski definition) is 4. The van der Waals surface area contributed by atoms with E-state index in [1.54, 1.807) is 0 Å². The fourth-order valence-electron chi connectivity index (χ4n) is 2.50. The van der Waals surface area contributed by atoms with E-state index < -0.39 is 44.8 Å². The molecule has 25 heavy (non-hydrogen) atoms. The van der Waals surface area contributed by atoms with Crippen molar-refractivity contribution in [3.8, 4) is 0 Å². The second-order valence-electron chi connectivity index (χ2n) is 5.07. The number of nitrogens with zero attached hydrogens (tertiary/aromatic N) is 2. The summed E-state index contributed by atoms with van der Waals surface area (Å²) >= 11 is 5.81. The standard InChI is InChI=1S/C15H6ClF3N2O4/c16-9-6-7(15(17,18)19)4-5-10(9)20-13(22)8-2-1-3-11(21(24)25)12(8)14(20)23/h1-6H. The minimum atomic E-state index is -4.65. The number of nitro groups is 1. The largest absolute Gasteiger partial charge is 0.416 e. The number of benzene rings is 2. The molecule has 0 N–H and O–H groups in total. The summed E-state index contributed by atoms with van der Waals surface area (Å²) in [4.78, 5) is 35.7. The van der Waals surface area contributed by atoms with Gasteiger partial charge in [-0.25, -0.2) is 4.90 Å². The maximum Gasteiger partial charge on any atom is 0.416 e. The number of rotatable bonds is 2. The minimum Gasteiger partial charge on any atom is -0.268 e. The first-order chi connectivity index (χ1) is 11.6. The molecule has 0 saturated heterocycles. The highest BCUT2D eigenvalue weighted by atomic mass is 35.5. The van der Waals surface area contributed by atoms with Gasteiger partial charge in [0.15, 0.2) is 0 Å². The Morgan fingerprint density at radius 3 is 2.32 bits per heavy atom. The van der Waals surface area contributed by atoms with Crippen LogP contribution in [0.15, 0.2) is 36.4 Å². The molecule has 0 aliphatic carbocycles. The molecule has 0 spiro atoms. The van der Waals surface area contributed by atoms with Gasteiger partial charge < -0.3 is 0 Å². The lowest BCUT2D eigenvalue weighted by molar-refractivity contribution is -0.385. The summed E-state index contributed by atoms with van der Waals surface area (Å²) in [7, 11) is 0. The topological polar surface area (TPSA) is 80.5 Å². The van der Waals surface area contributed by atoms with Crippen molar-refractivity contribution >= 4 is 34.8 Å². The lowest BCUT2D eigenvalue weighted by Crippen LogP contribution is -2.29. The van der Waals surface area contributed by atoms with E-state index in [-0.39, 0.29) is 11.3 Å². The van der Waals surface area contributed by atoms with E-state index in [4.69, 9.17) is 11.6 Å². The van der Waals surface area contributed by atoms with Crippen molar-refractivity contribution in [2.75, 3.05) is 4.90 Å². The van der Waals surface area contributed by atoms with Crippen LogP contribution in [-0.2, 0) is 6.18 Å². The number of anilines is 1. The number of amides is 2. The van der Waals surface area contributed by atoms with E-state index in [1.165, 1.54) is 12.1 Å². The van der Waals surface area contributed by atoms with Gasteiger partial charge in [0.25, 0.3) is 17.5 Å². The molecule has 0 saturated carbocycles. The smallest absolute Gasteiger partial charge is 0.268 e. The van der Waals surface area contributed by atoms with E-state index in [0.717, 1.165) is 12.1 Å². The van der Waals surface area contributed by atoms with Crippen LogP contribution in [0.2, 0.25) is 5.02 Å². The van der Waals surface area contributed by atoms with Gasteiger partial charge in [0.05, 0.1) is 26.8 Å². The number of carbonyl (C=O) groups is 2. The van der Waals surface area contributed by atoms with E-state index in [1.807, 2.05) is 0 Å². The monoisotopic (exact) mass is 370 g/mol. The van der Waals surface area contributed by atoms with Crippen LogP contribution in [-0.4, -0.2) is 16.7 Å². The van der Waals surface area contributed by atoms with Gasteiger partial charge in [-0.3, -0.25) is 19.7 Å². The van der Waals surface area contributed by atoms with E-state index in [9.17, 15) is 32.9 Å². The van der Waals surface area contributed by atoms with Gasteiger partial charge in [0, 0.05) is 6.07 Å². The first-order valence-electron chi connectivity index (χ1n) is 6.66. The summed E-state index contributed by atoms with van der Waals surface area (Å²) in [5.74, 6) is -1.92. The number of imide groups is 1. The Morgan fingerprint density at radius 2 is 1.76 bits per heavy atom. The number of carbonyl (C=O) groups excluding carboxylic acids is 2. The number of nitro benzene ring substituents is 1. The minimum absolute atomic E-state index is 0.213. The Balaban J connectivity index is 2.12. The lowest BCUT2D eigenvalue weighted by atomic mass is 10.1. The summed E-state index contributed by atoms with van der Waals surface area (Å²) in [6, 6.07) is 5.63. The molecule has 1 aliphatic heterocycles. The van der Waals surface area contributed by atoms with Crippen LogP contribution >= 0.6 is 11.6 Å². The second kappa shape index (κ2) is 5.55. The molecule has 0 bridgehead atoms. The van der Waals surface area contributed by atoms with Gasteiger partial charge in [-0.15, -0.1) is 0 Å². The molecule has 2 amide bonds. The molecule has 10 heteroatoms. The number of fused-ring (bicyclic) bond motifs is 1. The molecular formula is C15H6ClF3N2O4. The van der Waals surface area contributed by atoms with Crippen molar-refractivity contribution in [3.05, 3.63) is 68.2 Å². The highest BCUT2D eigenvalue weighted by Gasteiger charge is 2.43. The number of halogens is 4. The van der Waals surface area contributed by atoms with Gasteiger partial charge in [-0.2, -0.15) is 13.2 Å². The average molecular weight is 371 g/mol. The molecule has 0 fully saturated rings. The van der Waals surface area contributed by atoms with Crippen molar-refractivity contribution in [1.29, 1.82) is 0 Å². The Kier molecular flexibility index (Phi) is 3.76. The van der Waals surface area contributed by atoms with Crippen molar-refractivity contribution in [1.82, 2.24) is 0 Å². The van der Waals surface area contributed by atoms with Gasteiger partial charge in [0.2, 0.25) is 0 Å². The molecule has 1 aliphatic rings. The van der Waals surface area contributed by atoms with Crippen molar-refractivity contribution < 1.29 is 27.7 Å². The Bertz CT molecular complexity index is 943. The third kappa shape index (κ3) is 2.62. The number of alkyl halides is 3.